The van der Waals surface area contributed by atoms with Gasteiger partial charge in [-0.25, -0.2) is 17.8 Å². The zero-order chi connectivity index (χ0) is 21.2. The van der Waals surface area contributed by atoms with Crippen LogP contribution in [-0.2, 0) is 16.2 Å². The number of piperidine rings is 1. The van der Waals surface area contributed by atoms with E-state index in [1.807, 2.05) is 0 Å². The predicted molar refractivity (Wildman–Crippen MR) is 92.4 cm³/mol. The molecule has 29 heavy (non-hydrogen) atoms. The Morgan fingerprint density at radius 1 is 1.17 bits per heavy atom. The largest absolute Gasteiger partial charge is 0.494 e. The van der Waals surface area contributed by atoms with Gasteiger partial charge in [0.05, 0.1) is 12.0 Å². The van der Waals surface area contributed by atoms with E-state index in [4.69, 9.17) is 9.47 Å². The molecule has 0 unspecified atom stereocenters. The maximum atomic E-state index is 13.8. The average Bonchev–Trinajstić information content (AvgIpc) is 2.68. The van der Waals surface area contributed by atoms with E-state index in [0.717, 1.165) is 18.3 Å². The third kappa shape index (κ3) is 4.75. The number of halogens is 4. The maximum Gasteiger partial charge on any atom is 0.433 e. The van der Waals surface area contributed by atoms with E-state index >= 15 is 0 Å². The third-order valence-corrected chi connectivity index (χ3v) is 6.25. The highest BCUT2D eigenvalue weighted by molar-refractivity contribution is 7.89. The van der Waals surface area contributed by atoms with Crippen molar-refractivity contribution in [3.63, 3.8) is 0 Å². The normalized spacial score (nSPS) is 16.6. The van der Waals surface area contributed by atoms with Gasteiger partial charge in [0, 0.05) is 19.3 Å². The van der Waals surface area contributed by atoms with Crippen molar-refractivity contribution in [3.8, 4) is 11.8 Å². The molecule has 1 aliphatic heterocycles. The summed E-state index contributed by atoms with van der Waals surface area (Å²) in [6, 6.07) is 3.67. The highest BCUT2D eigenvalue weighted by Crippen LogP contribution is 2.29. The first-order valence-corrected chi connectivity index (χ1v) is 9.96. The molecule has 0 spiro atoms. The highest BCUT2D eigenvalue weighted by atomic mass is 32.2. The van der Waals surface area contributed by atoms with Crippen molar-refractivity contribution in [2.45, 2.75) is 30.0 Å². The van der Waals surface area contributed by atoms with Gasteiger partial charge in [-0.3, -0.25) is 0 Å². The Morgan fingerprint density at radius 3 is 2.45 bits per heavy atom. The number of hydrogen-bond donors (Lipinski definition) is 0. The fourth-order valence-corrected chi connectivity index (χ4v) is 4.33. The summed E-state index contributed by atoms with van der Waals surface area (Å²) in [7, 11) is -2.66. The predicted octanol–water partition coefficient (Wildman–Crippen LogP) is 2.88. The van der Waals surface area contributed by atoms with Crippen LogP contribution in [0.15, 0.2) is 35.4 Å². The van der Waals surface area contributed by atoms with Gasteiger partial charge in [0.1, 0.15) is 6.10 Å². The Hall–Kier alpha value is -2.47. The van der Waals surface area contributed by atoms with Crippen LogP contribution < -0.4 is 9.47 Å². The first-order chi connectivity index (χ1) is 13.6. The summed E-state index contributed by atoms with van der Waals surface area (Å²) < 4.78 is 88.7. The highest BCUT2D eigenvalue weighted by Gasteiger charge is 2.34. The van der Waals surface area contributed by atoms with Crippen LogP contribution in [0.2, 0.25) is 0 Å². The number of methoxy groups -OCH3 is 1. The van der Waals surface area contributed by atoms with Gasteiger partial charge in [0.15, 0.2) is 17.3 Å². The van der Waals surface area contributed by atoms with Gasteiger partial charge in [0.25, 0.3) is 0 Å². The van der Waals surface area contributed by atoms with Crippen molar-refractivity contribution >= 4 is 10.0 Å². The van der Waals surface area contributed by atoms with E-state index in [1.165, 1.54) is 23.5 Å². The quantitative estimate of drug-likeness (QED) is 0.672. The first-order valence-electron chi connectivity index (χ1n) is 8.52. The number of hydrogen-bond acceptors (Lipinski definition) is 6. The smallest absolute Gasteiger partial charge is 0.433 e. The number of rotatable bonds is 5. The minimum absolute atomic E-state index is 0.0552. The first kappa shape index (κ1) is 21.2. The number of sulfonamides is 1. The Balaban J connectivity index is 1.65. The lowest BCUT2D eigenvalue weighted by atomic mass is 10.1. The summed E-state index contributed by atoms with van der Waals surface area (Å²) in [4.78, 5) is 6.79. The summed E-state index contributed by atoms with van der Waals surface area (Å²) >= 11 is 0. The Bertz CT molecular complexity index is 977. The Labute approximate surface area is 164 Å². The van der Waals surface area contributed by atoms with Gasteiger partial charge >= 0.3 is 12.2 Å². The fraction of sp³-hybridized carbons (Fsp3) is 0.412. The number of nitrogens with zero attached hydrogens (tertiary/aromatic N) is 3. The molecule has 158 valence electrons. The minimum Gasteiger partial charge on any atom is -0.494 e. The van der Waals surface area contributed by atoms with Crippen LogP contribution >= 0.6 is 0 Å². The Kier molecular flexibility index (Phi) is 5.94. The van der Waals surface area contributed by atoms with E-state index in [1.54, 1.807) is 0 Å². The van der Waals surface area contributed by atoms with Gasteiger partial charge in [-0.15, -0.1) is 0 Å². The van der Waals surface area contributed by atoms with Crippen LogP contribution in [-0.4, -0.2) is 49.0 Å². The van der Waals surface area contributed by atoms with Crippen LogP contribution in [0.5, 0.6) is 11.8 Å². The molecule has 1 fully saturated rings. The van der Waals surface area contributed by atoms with E-state index < -0.39 is 39.8 Å². The lowest BCUT2D eigenvalue weighted by Crippen LogP contribution is -2.41. The minimum atomic E-state index is -4.62. The van der Waals surface area contributed by atoms with Crippen molar-refractivity contribution < 1.29 is 35.5 Å². The third-order valence-electron chi connectivity index (χ3n) is 4.36. The van der Waals surface area contributed by atoms with Crippen LogP contribution in [0, 0.1) is 5.82 Å². The molecule has 1 aliphatic rings. The number of alkyl halides is 3. The van der Waals surface area contributed by atoms with Gasteiger partial charge < -0.3 is 9.47 Å². The van der Waals surface area contributed by atoms with Crippen LogP contribution in [0.1, 0.15) is 18.5 Å². The molecule has 1 saturated heterocycles. The lowest BCUT2D eigenvalue weighted by molar-refractivity contribution is -0.141. The van der Waals surface area contributed by atoms with E-state index in [2.05, 4.69) is 9.97 Å². The molecule has 0 saturated carbocycles. The van der Waals surface area contributed by atoms with Gasteiger partial charge in [-0.05, 0) is 37.1 Å². The molecule has 12 heteroatoms. The zero-order valence-electron chi connectivity index (χ0n) is 15.2. The fourth-order valence-electron chi connectivity index (χ4n) is 2.85. The molecule has 0 bridgehead atoms. The standard InChI is InChI=1S/C17H17F4N3O4S/c1-27-14-3-2-12(10-13(14)18)29(25,26)24-8-5-11(6-9-24)28-16-22-7-4-15(23-16)17(19,20)21/h2-4,7,10-11H,5-6,8-9H2,1H3. The van der Waals surface area contributed by atoms with Gasteiger partial charge in [-0.1, -0.05) is 0 Å². The maximum absolute atomic E-state index is 13.8. The SMILES string of the molecule is COc1ccc(S(=O)(=O)N2CCC(Oc3nccc(C(F)(F)F)n3)CC2)cc1F. The molecule has 3 rings (SSSR count). The molecule has 0 radical (unpaired) electrons. The molecule has 2 aromatic rings. The van der Waals surface area contributed by atoms with E-state index in [-0.39, 0.29) is 36.6 Å². The number of ether oxygens (including phenoxy) is 2. The van der Waals surface area contributed by atoms with Crippen LogP contribution in [0.25, 0.3) is 0 Å². The molecule has 1 aromatic heterocycles. The average molecular weight is 435 g/mol. The molecule has 0 N–H and O–H groups in total. The molecular weight excluding hydrogens is 418 g/mol. The number of benzene rings is 1. The molecule has 0 atom stereocenters. The number of aromatic nitrogens is 2. The second kappa shape index (κ2) is 8.11. The monoisotopic (exact) mass is 435 g/mol. The zero-order valence-corrected chi connectivity index (χ0v) is 16.0. The van der Waals surface area contributed by atoms with Crippen molar-refractivity contribution in [2.75, 3.05) is 20.2 Å². The summed E-state index contributed by atoms with van der Waals surface area (Å²) in [5.74, 6) is -0.870. The summed E-state index contributed by atoms with van der Waals surface area (Å²) in [6.07, 6.45) is -3.78. The summed E-state index contributed by atoms with van der Waals surface area (Å²) in [6.45, 7) is 0.110. The molecule has 7 nitrogen and oxygen atoms in total. The topological polar surface area (TPSA) is 81.6 Å². The van der Waals surface area contributed by atoms with Gasteiger partial charge in [-0.2, -0.15) is 22.5 Å². The molecule has 1 aromatic carbocycles. The molecular formula is C17H17F4N3O4S. The summed E-state index contributed by atoms with van der Waals surface area (Å²) in [5, 5.41) is 0. The van der Waals surface area contributed by atoms with Crippen LogP contribution in [0.4, 0.5) is 17.6 Å². The molecule has 0 amide bonds. The van der Waals surface area contributed by atoms with Crippen molar-refractivity contribution in [1.82, 2.24) is 14.3 Å². The second-order valence-corrected chi connectivity index (χ2v) is 8.18. The lowest BCUT2D eigenvalue weighted by Gasteiger charge is -2.31. The second-order valence-electron chi connectivity index (χ2n) is 6.24. The molecule has 2 heterocycles. The molecule has 0 aliphatic carbocycles. The summed E-state index contributed by atoms with van der Waals surface area (Å²) in [5.41, 5.74) is -1.12. The van der Waals surface area contributed by atoms with E-state index in [0.29, 0.717) is 0 Å². The van der Waals surface area contributed by atoms with Crippen molar-refractivity contribution in [3.05, 3.63) is 42.0 Å². The Morgan fingerprint density at radius 2 is 1.86 bits per heavy atom. The van der Waals surface area contributed by atoms with Crippen molar-refractivity contribution in [1.29, 1.82) is 0 Å². The van der Waals surface area contributed by atoms with Crippen LogP contribution in [0.3, 0.4) is 0 Å². The van der Waals surface area contributed by atoms with Gasteiger partial charge in [0.2, 0.25) is 10.0 Å². The van der Waals surface area contributed by atoms with Crippen molar-refractivity contribution in [2.24, 2.45) is 0 Å². The van der Waals surface area contributed by atoms with E-state index in [9.17, 15) is 26.0 Å².